The lowest BCUT2D eigenvalue weighted by atomic mass is 10.0. The molecule has 2 heterocycles. The molecule has 31 heteroatoms. The van der Waals surface area contributed by atoms with Gasteiger partial charge in [0, 0.05) is 68.3 Å². The highest BCUT2D eigenvalue weighted by atomic mass is 32.2. The van der Waals surface area contributed by atoms with Crippen molar-refractivity contribution < 1.29 is 47.9 Å². The summed E-state index contributed by atoms with van der Waals surface area (Å²) >= 11 is 1.38. The summed E-state index contributed by atoms with van der Waals surface area (Å²) in [5.41, 5.74) is 36.4. The molecule has 2 aromatic carbocycles. The molecule has 23 N–H and O–H groups in total. The zero-order chi connectivity index (χ0) is 66.1. The van der Waals surface area contributed by atoms with Crippen molar-refractivity contribution in [3.8, 4) is 0 Å². The van der Waals surface area contributed by atoms with E-state index in [1.807, 2.05) is 38.1 Å². The molecule has 10 amide bonds. The largest absolute Gasteiger partial charge is 0.370 e. The summed E-state index contributed by atoms with van der Waals surface area (Å²) in [7, 11) is 0. The summed E-state index contributed by atoms with van der Waals surface area (Å²) in [6, 6.07) is 6.14. The Morgan fingerprint density at radius 3 is 1.61 bits per heavy atom. The number of benzene rings is 2. The summed E-state index contributed by atoms with van der Waals surface area (Å²) in [6.07, 6.45) is 8.01. The van der Waals surface area contributed by atoms with Gasteiger partial charge in [0.2, 0.25) is 59.1 Å². The van der Waals surface area contributed by atoms with Gasteiger partial charge in [0.15, 0.2) is 11.9 Å². The summed E-state index contributed by atoms with van der Waals surface area (Å²) in [5, 5.41) is 25.0. The molecule has 2 aromatic heterocycles. The molecular formula is C59H90N20O10S. The lowest BCUT2D eigenvalue weighted by Gasteiger charge is -2.28. The number of fused-ring (bicyclic) bond motifs is 1. The second-order valence-corrected chi connectivity index (χ2v) is 23.0. The minimum absolute atomic E-state index is 0.0166. The van der Waals surface area contributed by atoms with E-state index in [1.54, 1.807) is 42.8 Å². The van der Waals surface area contributed by atoms with Gasteiger partial charge in [0.25, 0.3) is 0 Å². The summed E-state index contributed by atoms with van der Waals surface area (Å²) in [6.45, 7) is 4.72. The van der Waals surface area contributed by atoms with Gasteiger partial charge >= 0.3 is 0 Å². The van der Waals surface area contributed by atoms with Crippen LogP contribution < -0.4 is 82.3 Å². The third kappa shape index (κ3) is 26.6. The summed E-state index contributed by atoms with van der Waals surface area (Å²) in [5.74, 6) is -7.63. The van der Waals surface area contributed by atoms with E-state index in [0.29, 0.717) is 42.0 Å². The van der Waals surface area contributed by atoms with E-state index in [4.69, 9.17) is 34.4 Å². The number of aliphatic imine (C=N–C) groups is 2. The van der Waals surface area contributed by atoms with Crippen molar-refractivity contribution in [3.05, 3.63) is 90.1 Å². The van der Waals surface area contributed by atoms with E-state index in [-0.39, 0.29) is 95.1 Å². The van der Waals surface area contributed by atoms with Crippen molar-refractivity contribution in [1.82, 2.24) is 62.8 Å². The number of aromatic amines is 2. The molecule has 4 rings (SSSR count). The minimum atomic E-state index is -1.35. The second kappa shape index (κ2) is 38.9. The fraction of sp³-hybridized carbons (Fsp3) is 0.508. The number of amides is 10. The SMILES string of the molecule is CSCC[C@H](NC(=O)CNC(=O)[C@H](Cc1ccccc1)NC(=O)[C@H](Cc1cnc[nH]1)NC(=O)[C@H](CCCCN)NC(C)=O)C(=O)N[C@@H](CC(C)C)C(=O)N[C@@H](CCCN=C(N)N)C(=O)N[C@@H](CCCN=C(N)N)C(=O)N[C@@H](Cc1c[nH]c2ccccc12)C(N)=O. The first kappa shape index (κ1) is 73.2. The number of nitrogens with zero attached hydrogens (tertiary/aromatic N) is 3. The Balaban J connectivity index is 1.53. The Bertz CT molecular complexity index is 3040. The molecule has 0 unspecified atom stereocenters. The maximum absolute atomic E-state index is 14.5. The number of unbranched alkanes of at least 4 members (excludes halogenated alkanes) is 1. The van der Waals surface area contributed by atoms with Gasteiger partial charge in [-0.2, -0.15) is 11.8 Å². The van der Waals surface area contributed by atoms with Crippen LogP contribution in [-0.2, 0) is 67.2 Å². The first-order valence-electron chi connectivity index (χ1n) is 29.8. The Morgan fingerprint density at radius 2 is 1.07 bits per heavy atom. The number of guanidine groups is 2. The molecule has 0 bridgehead atoms. The number of hydrogen-bond donors (Lipinski definition) is 17. The first-order valence-corrected chi connectivity index (χ1v) is 31.2. The Labute approximate surface area is 527 Å². The number of hydrogen-bond acceptors (Lipinski definition) is 15. The van der Waals surface area contributed by atoms with Gasteiger partial charge in [-0.3, -0.25) is 57.9 Å². The van der Waals surface area contributed by atoms with Crippen LogP contribution in [0.15, 0.2) is 83.3 Å². The van der Waals surface area contributed by atoms with Gasteiger partial charge in [-0.05, 0) is 99.5 Å². The monoisotopic (exact) mass is 1270 g/mol. The van der Waals surface area contributed by atoms with Crippen molar-refractivity contribution in [1.29, 1.82) is 0 Å². The summed E-state index contributed by atoms with van der Waals surface area (Å²) in [4.78, 5) is 156. The molecule has 0 fully saturated rings. The van der Waals surface area contributed by atoms with Crippen molar-refractivity contribution in [2.45, 2.75) is 146 Å². The Kier molecular flexibility index (Phi) is 31.6. The molecule has 0 aliphatic heterocycles. The number of nitrogens with two attached hydrogens (primary N) is 6. The third-order valence-electron chi connectivity index (χ3n) is 14.1. The molecule has 0 spiro atoms. The van der Waals surface area contributed by atoms with Crippen LogP contribution >= 0.6 is 11.8 Å². The van der Waals surface area contributed by atoms with E-state index in [9.17, 15) is 47.9 Å². The van der Waals surface area contributed by atoms with Crippen LogP contribution in [0.1, 0.15) is 95.4 Å². The van der Waals surface area contributed by atoms with Crippen LogP contribution in [0.3, 0.4) is 0 Å². The molecule has 0 saturated carbocycles. The third-order valence-corrected chi connectivity index (χ3v) is 14.8. The fourth-order valence-corrected chi connectivity index (χ4v) is 10.0. The van der Waals surface area contributed by atoms with Gasteiger partial charge < -0.3 is 92.2 Å². The standard InChI is InChI=1S/C59H90N20O10S/c1-34(2)26-46(56(88)75-42(19-12-23-67-58(62)63)53(85)74-43(20-13-24-68-59(64)65)54(86)76-45(50(61)82)28-37-30-69-40-17-9-8-16-39(37)40)77-55(87)44(21-25-90-4)73-49(81)32-70-51(83)47(27-36-14-6-5-7-15-36)78-57(89)48(29-38-31-66-33-71-38)79-52(84)41(72-35(3)80)18-10-11-22-60/h5-9,14-17,30-31,33-34,41-48,69H,10-13,18-29,32,60H2,1-4H3,(H2,61,82)(H,66,71)(H,70,83)(H,72,80)(H,73,81)(H,74,85)(H,75,88)(H,76,86)(H,77,87)(H,78,89)(H,79,84)(H4,62,63,67)(H4,64,65,68)/t41-,42-,43-,44-,45-,46-,47-,48-/m0/s1. The van der Waals surface area contributed by atoms with Crippen molar-refractivity contribution >= 4 is 93.7 Å². The van der Waals surface area contributed by atoms with Gasteiger partial charge in [-0.25, -0.2) is 4.98 Å². The number of para-hydroxylation sites is 1. The molecule has 0 saturated heterocycles. The number of primary amides is 1. The highest BCUT2D eigenvalue weighted by Crippen LogP contribution is 2.20. The molecule has 0 aliphatic rings. The average Bonchev–Trinajstić information content (AvgIpc) is 2.12. The number of carbonyl (C=O) groups excluding carboxylic acids is 10. The predicted molar refractivity (Wildman–Crippen MR) is 343 cm³/mol. The van der Waals surface area contributed by atoms with Gasteiger partial charge in [0.1, 0.15) is 48.3 Å². The molecule has 30 nitrogen and oxygen atoms in total. The molecule has 492 valence electrons. The van der Waals surface area contributed by atoms with Crippen molar-refractivity contribution in [2.24, 2.45) is 50.3 Å². The van der Waals surface area contributed by atoms with Crippen LogP contribution in [-0.4, -0.2) is 172 Å². The van der Waals surface area contributed by atoms with Crippen LogP contribution in [0.2, 0.25) is 0 Å². The lowest BCUT2D eigenvalue weighted by Crippen LogP contribution is -2.59. The van der Waals surface area contributed by atoms with Gasteiger partial charge in [-0.1, -0.05) is 62.4 Å². The van der Waals surface area contributed by atoms with E-state index < -0.39 is 114 Å². The molecule has 90 heavy (non-hydrogen) atoms. The Hall–Kier alpha value is -9.26. The fourth-order valence-electron chi connectivity index (χ4n) is 9.56. The minimum Gasteiger partial charge on any atom is -0.370 e. The first-order chi connectivity index (χ1) is 43.0. The number of thioether (sulfide) groups is 1. The molecule has 8 atom stereocenters. The zero-order valence-corrected chi connectivity index (χ0v) is 52.3. The van der Waals surface area contributed by atoms with Crippen LogP contribution in [0.5, 0.6) is 0 Å². The molecule has 0 radical (unpaired) electrons. The normalized spacial score (nSPS) is 13.7. The molecule has 4 aromatic rings. The number of rotatable bonds is 41. The topological polar surface area (TPSA) is 504 Å². The number of aromatic nitrogens is 3. The molecular weight excluding hydrogens is 1180 g/mol. The van der Waals surface area contributed by atoms with Crippen molar-refractivity contribution in [3.63, 3.8) is 0 Å². The maximum atomic E-state index is 14.5. The van der Waals surface area contributed by atoms with E-state index in [1.165, 1.54) is 31.2 Å². The van der Waals surface area contributed by atoms with Crippen LogP contribution in [0, 0.1) is 5.92 Å². The number of H-pyrrole nitrogens is 2. The highest BCUT2D eigenvalue weighted by Gasteiger charge is 2.34. The zero-order valence-electron chi connectivity index (χ0n) is 51.4. The number of carbonyl (C=O) groups is 10. The van der Waals surface area contributed by atoms with E-state index in [2.05, 4.69) is 72.8 Å². The molecule has 0 aliphatic carbocycles. The van der Waals surface area contributed by atoms with E-state index in [0.717, 1.165) is 10.9 Å². The predicted octanol–water partition coefficient (Wildman–Crippen LogP) is -2.55. The Morgan fingerprint density at radius 1 is 0.556 bits per heavy atom. The quantitative estimate of drug-likeness (QED) is 0.0124. The van der Waals surface area contributed by atoms with Crippen LogP contribution in [0.4, 0.5) is 0 Å². The van der Waals surface area contributed by atoms with E-state index >= 15 is 0 Å². The van der Waals surface area contributed by atoms with Crippen LogP contribution in [0.25, 0.3) is 10.9 Å². The summed E-state index contributed by atoms with van der Waals surface area (Å²) < 4.78 is 0. The lowest BCUT2D eigenvalue weighted by molar-refractivity contribution is -0.135. The highest BCUT2D eigenvalue weighted by molar-refractivity contribution is 7.98. The van der Waals surface area contributed by atoms with Gasteiger partial charge in [-0.15, -0.1) is 0 Å². The van der Waals surface area contributed by atoms with Gasteiger partial charge in [0.05, 0.1) is 12.9 Å². The smallest absolute Gasteiger partial charge is 0.243 e. The maximum Gasteiger partial charge on any atom is 0.243 e. The average molecular weight is 1270 g/mol. The number of imidazole rings is 1. The second-order valence-electron chi connectivity index (χ2n) is 22.0. The van der Waals surface area contributed by atoms with Crippen molar-refractivity contribution in [2.75, 3.05) is 38.2 Å². The number of nitrogens with one attached hydrogen (secondary N) is 11.